The highest BCUT2D eigenvalue weighted by Gasteiger charge is 2.28. The Labute approximate surface area is 105 Å². The number of methoxy groups -OCH3 is 2. The Morgan fingerprint density at radius 1 is 1.33 bits per heavy atom. The largest absolute Gasteiger partial charge is 0.481 e. The van der Waals surface area contributed by atoms with Crippen molar-refractivity contribution in [3.63, 3.8) is 0 Å². The van der Waals surface area contributed by atoms with Gasteiger partial charge in [0.15, 0.2) is 0 Å². The molecule has 7 nitrogen and oxygen atoms in total. The number of carbonyl (C=O) groups excluding carboxylic acids is 1. The molecule has 1 fully saturated rings. The Morgan fingerprint density at radius 3 is 2.50 bits per heavy atom. The van der Waals surface area contributed by atoms with Crippen LogP contribution in [0.5, 0.6) is 11.8 Å². The molecule has 0 saturated carbocycles. The number of hydrogen-bond acceptors (Lipinski definition) is 6. The van der Waals surface area contributed by atoms with Gasteiger partial charge < -0.3 is 19.7 Å². The highest BCUT2D eigenvalue weighted by atomic mass is 16.5. The minimum atomic E-state index is -0.310. The lowest BCUT2D eigenvalue weighted by Crippen LogP contribution is -2.54. The number of nitrogens with zero attached hydrogens (tertiary/aromatic N) is 3. The Morgan fingerprint density at radius 2 is 1.94 bits per heavy atom. The van der Waals surface area contributed by atoms with E-state index >= 15 is 0 Å². The first-order valence-corrected chi connectivity index (χ1v) is 5.67. The molecule has 0 radical (unpaired) electrons. The van der Waals surface area contributed by atoms with Crippen molar-refractivity contribution in [1.29, 1.82) is 0 Å². The van der Waals surface area contributed by atoms with Crippen molar-refractivity contribution >= 4 is 11.9 Å². The van der Waals surface area contributed by atoms with E-state index in [1.54, 1.807) is 6.07 Å². The van der Waals surface area contributed by atoms with Gasteiger partial charge in [-0.15, -0.1) is 0 Å². The van der Waals surface area contributed by atoms with Gasteiger partial charge >= 0.3 is 0 Å². The van der Waals surface area contributed by atoms with E-state index in [0.717, 1.165) is 0 Å². The summed E-state index contributed by atoms with van der Waals surface area (Å²) < 4.78 is 10.2. The van der Waals surface area contributed by atoms with Gasteiger partial charge in [-0.25, -0.2) is 0 Å². The van der Waals surface area contributed by atoms with Gasteiger partial charge in [-0.05, 0) is 6.92 Å². The zero-order valence-electron chi connectivity index (χ0n) is 10.6. The smallest absolute Gasteiger partial charge is 0.242 e. The van der Waals surface area contributed by atoms with Gasteiger partial charge in [0.1, 0.15) is 6.04 Å². The van der Waals surface area contributed by atoms with Crippen LogP contribution in [0.3, 0.4) is 0 Å². The van der Waals surface area contributed by atoms with Crippen molar-refractivity contribution in [3.8, 4) is 11.8 Å². The summed E-state index contributed by atoms with van der Waals surface area (Å²) >= 11 is 0. The summed E-state index contributed by atoms with van der Waals surface area (Å²) in [7, 11) is 3.05. The molecular weight excluding hydrogens is 236 g/mol. The highest BCUT2D eigenvalue weighted by molar-refractivity contribution is 5.85. The number of amides is 1. The molecule has 0 spiro atoms. The standard InChI is InChI=1S/C11H16N4O3/c1-7-10(16)12-4-5-15(7)11-13-8(17-2)6-9(14-11)18-3/h6-7H,4-5H2,1-3H3,(H,12,16). The monoisotopic (exact) mass is 252 g/mol. The van der Waals surface area contributed by atoms with Crippen molar-refractivity contribution in [2.75, 3.05) is 32.2 Å². The second kappa shape index (κ2) is 5.07. The van der Waals surface area contributed by atoms with Crippen LogP contribution in [0.15, 0.2) is 6.07 Å². The number of anilines is 1. The molecule has 7 heteroatoms. The number of ether oxygens (including phenoxy) is 2. The third kappa shape index (κ3) is 2.29. The summed E-state index contributed by atoms with van der Waals surface area (Å²) in [5.74, 6) is 1.23. The first-order valence-electron chi connectivity index (χ1n) is 5.67. The zero-order chi connectivity index (χ0) is 13.1. The SMILES string of the molecule is COc1cc(OC)nc(N2CCNC(=O)C2C)n1. The molecular formula is C11H16N4O3. The van der Waals surface area contributed by atoms with E-state index in [0.29, 0.717) is 30.8 Å². The van der Waals surface area contributed by atoms with E-state index < -0.39 is 0 Å². The van der Waals surface area contributed by atoms with E-state index in [2.05, 4.69) is 15.3 Å². The van der Waals surface area contributed by atoms with E-state index in [9.17, 15) is 4.79 Å². The van der Waals surface area contributed by atoms with Crippen LogP contribution >= 0.6 is 0 Å². The fourth-order valence-electron chi connectivity index (χ4n) is 1.79. The molecule has 0 aliphatic carbocycles. The average molecular weight is 252 g/mol. The predicted octanol–water partition coefficient (Wildman–Crippen LogP) is -0.182. The van der Waals surface area contributed by atoms with Gasteiger partial charge in [0.05, 0.1) is 20.3 Å². The van der Waals surface area contributed by atoms with Gasteiger partial charge in [-0.2, -0.15) is 9.97 Å². The predicted molar refractivity (Wildman–Crippen MR) is 65.0 cm³/mol. The highest BCUT2D eigenvalue weighted by Crippen LogP contribution is 2.22. The lowest BCUT2D eigenvalue weighted by molar-refractivity contribution is -0.122. The van der Waals surface area contributed by atoms with E-state index in [1.165, 1.54) is 14.2 Å². The number of rotatable bonds is 3. The summed E-state index contributed by atoms with van der Waals surface area (Å²) in [5, 5.41) is 2.79. The van der Waals surface area contributed by atoms with Crippen molar-refractivity contribution in [2.24, 2.45) is 0 Å². The van der Waals surface area contributed by atoms with Crippen LogP contribution in [0, 0.1) is 0 Å². The molecule has 1 atom stereocenters. The van der Waals surface area contributed by atoms with E-state index in [-0.39, 0.29) is 11.9 Å². The molecule has 1 unspecified atom stereocenters. The van der Waals surface area contributed by atoms with Crippen molar-refractivity contribution < 1.29 is 14.3 Å². The normalized spacial score (nSPS) is 19.4. The van der Waals surface area contributed by atoms with Gasteiger partial charge in [0, 0.05) is 13.1 Å². The third-order valence-electron chi connectivity index (χ3n) is 2.84. The molecule has 2 heterocycles. The summed E-state index contributed by atoms with van der Waals surface area (Å²) in [6.07, 6.45) is 0. The van der Waals surface area contributed by atoms with Crippen molar-refractivity contribution in [1.82, 2.24) is 15.3 Å². The van der Waals surface area contributed by atoms with Crippen molar-refractivity contribution in [2.45, 2.75) is 13.0 Å². The lowest BCUT2D eigenvalue weighted by atomic mass is 10.2. The molecule has 1 aliphatic rings. The number of aromatic nitrogens is 2. The average Bonchev–Trinajstić information content (AvgIpc) is 2.41. The number of hydrogen-bond donors (Lipinski definition) is 1. The fourth-order valence-corrected chi connectivity index (χ4v) is 1.79. The Bertz CT molecular complexity index is 430. The zero-order valence-corrected chi connectivity index (χ0v) is 10.6. The van der Waals surface area contributed by atoms with Gasteiger partial charge in [-0.3, -0.25) is 4.79 Å². The summed E-state index contributed by atoms with van der Waals surface area (Å²) in [6, 6.07) is 1.29. The molecule has 0 bridgehead atoms. The summed E-state index contributed by atoms with van der Waals surface area (Å²) in [4.78, 5) is 21.9. The van der Waals surface area contributed by atoms with E-state index in [1.807, 2.05) is 11.8 Å². The number of nitrogens with one attached hydrogen (secondary N) is 1. The van der Waals surface area contributed by atoms with Crippen LogP contribution in [-0.2, 0) is 4.79 Å². The quantitative estimate of drug-likeness (QED) is 0.804. The minimum Gasteiger partial charge on any atom is -0.481 e. The number of carbonyl (C=O) groups is 1. The second-order valence-electron chi connectivity index (χ2n) is 3.91. The van der Waals surface area contributed by atoms with Crippen LogP contribution in [0.25, 0.3) is 0 Å². The molecule has 18 heavy (non-hydrogen) atoms. The molecule has 1 N–H and O–H groups in total. The van der Waals surface area contributed by atoms with Gasteiger partial charge in [0.25, 0.3) is 0 Å². The topological polar surface area (TPSA) is 76.6 Å². The van der Waals surface area contributed by atoms with Gasteiger partial charge in [0.2, 0.25) is 23.6 Å². The Balaban J connectivity index is 2.34. The van der Waals surface area contributed by atoms with Crippen LogP contribution in [0.4, 0.5) is 5.95 Å². The van der Waals surface area contributed by atoms with Crippen LogP contribution < -0.4 is 19.7 Å². The minimum absolute atomic E-state index is 0.0355. The fraction of sp³-hybridized carbons (Fsp3) is 0.545. The molecule has 1 aliphatic heterocycles. The summed E-state index contributed by atoms with van der Waals surface area (Å²) in [5.41, 5.74) is 0. The van der Waals surface area contributed by atoms with Crippen molar-refractivity contribution in [3.05, 3.63) is 6.07 Å². The third-order valence-corrected chi connectivity index (χ3v) is 2.84. The first-order chi connectivity index (χ1) is 8.65. The maximum atomic E-state index is 11.6. The molecule has 1 amide bonds. The summed E-state index contributed by atoms with van der Waals surface area (Å²) in [6.45, 7) is 3.04. The second-order valence-corrected chi connectivity index (χ2v) is 3.91. The molecule has 98 valence electrons. The molecule has 1 aromatic rings. The molecule has 2 rings (SSSR count). The molecule has 1 saturated heterocycles. The maximum Gasteiger partial charge on any atom is 0.242 e. The van der Waals surface area contributed by atoms with Gasteiger partial charge in [-0.1, -0.05) is 0 Å². The van der Waals surface area contributed by atoms with E-state index in [4.69, 9.17) is 9.47 Å². The van der Waals surface area contributed by atoms with Crippen LogP contribution in [-0.4, -0.2) is 49.2 Å². The molecule has 1 aromatic heterocycles. The molecule has 0 aromatic carbocycles. The van der Waals surface area contributed by atoms with Crippen LogP contribution in [0.2, 0.25) is 0 Å². The lowest BCUT2D eigenvalue weighted by Gasteiger charge is -2.32. The number of piperazine rings is 1. The van der Waals surface area contributed by atoms with Crippen LogP contribution in [0.1, 0.15) is 6.92 Å². The first kappa shape index (κ1) is 12.4. The Kier molecular flexibility index (Phi) is 3.50. The maximum absolute atomic E-state index is 11.6. The Hall–Kier alpha value is -2.05.